The Hall–Kier alpha value is -4.80. The first-order valence-electron chi connectivity index (χ1n) is 13.0. The topological polar surface area (TPSA) is 46.2 Å². The van der Waals surface area contributed by atoms with E-state index < -0.39 is 0 Å². The summed E-state index contributed by atoms with van der Waals surface area (Å²) < 4.78 is 2.34. The number of benzene rings is 5. The van der Waals surface area contributed by atoms with Gasteiger partial charge < -0.3 is 15.7 Å². The monoisotopic (exact) mass is 492 g/mol. The number of anilines is 1. The van der Waals surface area contributed by atoms with Crippen LogP contribution in [0, 0.1) is 0 Å². The van der Waals surface area contributed by atoms with Gasteiger partial charge in [0.2, 0.25) is 0 Å². The van der Waals surface area contributed by atoms with Crippen LogP contribution < -0.4 is 11.2 Å². The summed E-state index contributed by atoms with van der Waals surface area (Å²) in [6, 6.07) is 42.7. The van der Waals surface area contributed by atoms with Gasteiger partial charge in [-0.05, 0) is 52.6 Å². The number of rotatable bonds is 5. The number of fused-ring (bicyclic) bond motifs is 3. The average Bonchev–Trinajstić information content (AvgIpc) is 3.56. The second kappa shape index (κ2) is 9.25. The lowest BCUT2D eigenvalue weighted by molar-refractivity contribution is 0.259. The fraction of sp³-hybridized carbons (Fsp3) is 0.0588. The minimum atomic E-state index is 0.781. The molecule has 0 bridgehead atoms. The molecule has 1 aliphatic rings. The molecule has 1 aromatic heterocycles. The Morgan fingerprint density at radius 3 is 2.24 bits per heavy atom. The number of hydrogen-bond donors (Lipinski definition) is 2. The molecule has 38 heavy (non-hydrogen) atoms. The Morgan fingerprint density at radius 2 is 1.39 bits per heavy atom. The van der Waals surface area contributed by atoms with Gasteiger partial charge in [0.05, 0.1) is 11.0 Å². The average molecular weight is 493 g/mol. The molecule has 4 nitrogen and oxygen atoms in total. The highest BCUT2D eigenvalue weighted by molar-refractivity contribution is 6.12. The van der Waals surface area contributed by atoms with Gasteiger partial charge in [0.15, 0.2) is 0 Å². The fourth-order valence-corrected chi connectivity index (χ4v) is 5.57. The number of aromatic nitrogens is 1. The number of nitrogens with two attached hydrogens (primary N) is 1. The van der Waals surface area contributed by atoms with E-state index >= 15 is 0 Å². The van der Waals surface area contributed by atoms with Gasteiger partial charge in [0, 0.05) is 47.0 Å². The molecule has 1 aliphatic heterocycles. The van der Waals surface area contributed by atoms with Gasteiger partial charge in [0.25, 0.3) is 0 Å². The number of nitrogens with one attached hydrogen (secondary N) is 1. The lowest BCUT2D eigenvalue weighted by atomic mass is 10.0. The van der Waals surface area contributed by atoms with Crippen LogP contribution in [0.4, 0.5) is 5.69 Å². The summed E-state index contributed by atoms with van der Waals surface area (Å²) in [7, 11) is 0. The molecule has 0 aliphatic carbocycles. The van der Waals surface area contributed by atoms with Crippen LogP contribution in [0.5, 0.6) is 0 Å². The molecular formula is C34H28N4. The van der Waals surface area contributed by atoms with Crippen molar-refractivity contribution in [1.82, 2.24) is 15.0 Å². The molecule has 184 valence electrons. The number of para-hydroxylation sites is 1. The molecule has 4 heteroatoms. The van der Waals surface area contributed by atoms with Crippen LogP contribution >= 0.6 is 0 Å². The van der Waals surface area contributed by atoms with Crippen LogP contribution in [0.3, 0.4) is 0 Å². The highest BCUT2D eigenvalue weighted by Crippen LogP contribution is 2.38. The van der Waals surface area contributed by atoms with Gasteiger partial charge in [0.1, 0.15) is 0 Å². The van der Waals surface area contributed by atoms with Crippen LogP contribution in [0.2, 0.25) is 0 Å². The lowest BCUT2D eigenvalue weighted by Gasteiger charge is -2.16. The van der Waals surface area contributed by atoms with Crippen molar-refractivity contribution in [3.05, 3.63) is 139 Å². The van der Waals surface area contributed by atoms with Crippen LogP contribution in [-0.4, -0.2) is 16.1 Å². The Balaban J connectivity index is 1.29. The van der Waals surface area contributed by atoms with E-state index in [9.17, 15) is 0 Å². The highest BCUT2D eigenvalue weighted by atomic mass is 15.5. The summed E-state index contributed by atoms with van der Waals surface area (Å²) in [4.78, 5) is 0. The van der Waals surface area contributed by atoms with Crippen molar-refractivity contribution >= 4 is 33.1 Å². The van der Waals surface area contributed by atoms with Gasteiger partial charge in [-0.1, -0.05) is 91.0 Å². The quantitative estimate of drug-likeness (QED) is 0.247. The van der Waals surface area contributed by atoms with Crippen molar-refractivity contribution in [3.8, 4) is 16.8 Å². The summed E-state index contributed by atoms with van der Waals surface area (Å²) in [6.45, 7) is 1.70. The third-order valence-electron chi connectivity index (χ3n) is 7.40. The third-order valence-corrected chi connectivity index (χ3v) is 7.40. The molecule has 6 aromatic rings. The van der Waals surface area contributed by atoms with Crippen molar-refractivity contribution < 1.29 is 0 Å². The van der Waals surface area contributed by atoms with Gasteiger partial charge in [-0.2, -0.15) is 0 Å². The molecule has 5 aromatic carbocycles. The van der Waals surface area contributed by atoms with E-state index in [1.165, 1.54) is 33.0 Å². The molecule has 0 spiro atoms. The molecular weight excluding hydrogens is 464 g/mol. The number of hydrazine groups is 1. The fourth-order valence-electron chi connectivity index (χ4n) is 5.57. The van der Waals surface area contributed by atoms with E-state index in [0.717, 1.165) is 41.1 Å². The summed E-state index contributed by atoms with van der Waals surface area (Å²) in [5.41, 5.74) is 20.3. The number of hydrogen-bond acceptors (Lipinski definition) is 3. The van der Waals surface area contributed by atoms with Crippen molar-refractivity contribution in [2.75, 3.05) is 12.3 Å². The molecule has 0 unspecified atom stereocenters. The highest BCUT2D eigenvalue weighted by Gasteiger charge is 2.18. The Bertz CT molecular complexity index is 1800. The van der Waals surface area contributed by atoms with Crippen molar-refractivity contribution in [2.24, 2.45) is 0 Å². The second-order valence-electron chi connectivity index (χ2n) is 9.87. The molecule has 0 amide bonds. The maximum absolute atomic E-state index is 6.66. The second-order valence-corrected chi connectivity index (χ2v) is 9.87. The van der Waals surface area contributed by atoms with Crippen molar-refractivity contribution in [1.29, 1.82) is 0 Å². The molecule has 0 fully saturated rings. The first kappa shape index (κ1) is 22.4. The largest absolute Gasteiger partial charge is 0.398 e. The van der Waals surface area contributed by atoms with Gasteiger partial charge in [-0.25, -0.2) is 5.01 Å². The summed E-state index contributed by atoms with van der Waals surface area (Å²) >= 11 is 0. The minimum Gasteiger partial charge on any atom is -0.398 e. The summed E-state index contributed by atoms with van der Waals surface area (Å²) in [5.74, 6) is 0. The van der Waals surface area contributed by atoms with Crippen molar-refractivity contribution in [2.45, 2.75) is 6.54 Å². The first-order valence-corrected chi connectivity index (χ1v) is 13.0. The van der Waals surface area contributed by atoms with E-state index in [2.05, 4.69) is 136 Å². The molecule has 0 atom stereocenters. The molecule has 3 N–H and O–H groups in total. The normalized spacial score (nSPS) is 13.6. The summed E-state index contributed by atoms with van der Waals surface area (Å²) in [6.07, 6.45) is 2.12. The third kappa shape index (κ3) is 3.92. The molecule has 7 rings (SSSR count). The predicted molar refractivity (Wildman–Crippen MR) is 159 cm³/mol. The lowest BCUT2D eigenvalue weighted by Crippen LogP contribution is -2.29. The van der Waals surface area contributed by atoms with Gasteiger partial charge in [-0.15, -0.1) is 0 Å². The Labute approximate surface area is 222 Å². The smallest absolute Gasteiger partial charge is 0.0562 e. The van der Waals surface area contributed by atoms with Gasteiger partial charge >= 0.3 is 0 Å². The maximum Gasteiger partial charge on any atom is 0.0562 e. The molecule has 0 saturated heterocycles. The van der Waals surface area contributed by atoms with E-state index in [0.29, 0.717) is 0 Å². The molecule has 2 heterocycles. The van der Waals surface area contributed by atoms with E-state index in [-0.39, 0.29) is 0 Å². The molecule has 0 saturated carbocycles. The zero-order chi connectivity index (χ0) is 25.5. The van der Waals surface area contributed by atoms with Crippen LogP contribution in [-0.2, 0) is 6.54 Å². The van der Waals surface area contributed by atoms with Crippen molar-refractivity contribution in [3.63, 3.8) is 0 Å². The van der Waals surface area contributed by atoms with E-state index in [4.69, 9.17) is 5.73 Å². The minimum absolute atomic E-state index is 0.781. The predicted octanol–water partition coefficient (Wildman–Crippen LogP) is 7.39. The zero-order valence-electron chi connectivity index (χ0n) is 21.0. The number of nitrogens with zero attached hydrogens (tertiary/aromatic N) is 2. The van der Waals surface area contributed by atoms with Gasteiger partial charge in [-0.3, -0.25) is 0 Å². The zero-order valence-corrected chi connectivity index (χ0v) is 21.0. The van der Waals surface area contributed by atoms with Crippen LogP contribution in [0.1, 0.15) is 11.1 Å². The van der Waals surface area contributed by atoms with Crippen LogP contribution in [0.25, 0.3) is 44.2 Å². The van der Waals surface area contributed by atoms with E-state index in [1.54, 1.807) is 0 Å². The maximum atomic E-state index is 6.66. The Kier molecular flexibility index (Phi) is 5.46. The number of nitrogen functional groups attached to an aromatic ring is 1. The standard InChI is InChI=1S/C34H28N4/c35-32-20-34-31(19-30(32)25-12-5-2-6-13-25)29-16-7-8-17-33(29)38(34)28-15-9-14-26(18-28)27-21-36-37(23-27)22-24-10-3-1-4-11-24/h1-21,36H,22-23,35H2. The summed E-state index contributed by atoms with van der Waals surface area (Å²) in [5, 5.41) is 4.67. The van der Waals surface area contributed by atoms with Crippen LogP contribution in [0.15, 0.2) is 128 Å². The molecule has 0 radical (unpaired) electrons. The first-order chi connectivity index (χ1) is 18.7. The van der Waals surface area contributed by atoms with E-state index in [1.807, 2.05) is 6.07 Å². The Morgan fingerprint density at radius 1 is 0.658 bits per heavy atom. The SMILES string of the molecule is Nc1cc2c(cc1-c1ccccc1)c1ccccc1n2-c1cccc(C2=CNN(Cc3ccccc3)C2)c1.